The van der Waals surface area contributed by atoms with E-state index >= 15 is 0 Å². The summed E-state index contributed by atoms with van der Waals surface area (Å²) in [5.41, 5.74) is 0.359. The molecule has 21 heavy (non-hydrogen) atoms. The van der Waals surface area contributed by atoms with Crippen molar-refractivity contribution in [2.75, 3.05) is 18.5 Å². The third kappa shape index (κ3) is 2.97. The summed E-state index contributed by atoms with van der Waals surface area (Å²) < 4.78 is 0. The standard InChI is InChI=1S/C15H17N3O3/c1-18(12-5-3-11(9-16)4-6-12)14(21)17-10-15(13(19)20)7-2-8-15/h3-6H,2,7-8,10H2,1H3,(H,17,21)(H,19,20). The van der Waals surface area contributed by atoms with Crippen LogP contribution in [0.2, 0.25) is 0 Å². The van der Waals surface area contributed by atoms with Gasteiger partial charge in [0, 0.05) is 19.3 Å². The number of hydrogen-bond acceptors (Lipinski definition) is 3. The van der Waals surface area contributed by atoms with Crippen LogP contribution in [0.3, 0.4) is 0 Å². The fourth-order valence-electron chi connectivity index (χ4n) is 2.31. The number of nitrogens with zero attached hydrogens (tertiary/aromatic N) is 2. The highest BCUT2D eigenvalue weighted by Gasteiger charge is 2.44. The number of carboxylic acids is 1. The Labute approximate surface area is 123 Å². The zero-order valence-electron chi connectivity index (χ0n) is 11.8. The fraction of sp³-hybridized carbons (Fsp3) is 0.400. The van der Waals surface area contributed by atoms with Crippen LogP contribution in [0.25, 0.3) is 0 Å². The number of rotatable bonds is 4. The van der Waals surface area contributed by atoms with Crippen molar-refractivity contribution < 1.29 is 14.7 Å². The van der Waals surface area contributed by atoms with Gasteiger partial charge in [-0.05, 0) is 37.1 Å². The maximum Gasteiger partial charge on any atom is 0.321 e. The number of benzene rings is 1. The molecule has 110 valence electrons. The SMILES string of the molecule is CN(C(=O)NCC1(C(=O)O)CCC1)c1ccc(C#N)cc1. The normalized spacial score (nSPS) is 15.4. The number of urea groups is 1. The van der Waals surface area contributed by atoms with Crippen molar-refractivity contribution in [2.45, 2.75) is 19.3 Å². The molecule has 0 heterocycles. The molecule has 1 aliphatic rings. The minimum atomic E-state index is -0.852. The molecular weight excluding hydrogens is 270 g/mol. The first-order valence-electron chi connectivity index (χ1n) is 6.74. The molecule has 1 fully saturated rings. The van der Waals surface area contributed by atoms with E-state index < -0.39 is 11.4 Å². The molecule has 0 atom stereocenters. The number of nitriles is 1. The molecule has 6 heteroatoms. The smallest absolute Gasteiger partial charge is 0.321 e. The van der Waals surface area contributed by atoms with Gasteiger partial charge in [-0.2, -0.15) is 5.26 Å². The summed E-state index contributed by atoms with van der Waals surface area (Å²) in [6.45, 7) is 0.141. The predicted octanol–water partition coefficient (Wildman–Crippen LogP) is 1.96. The molecule has 6 nitrogen and oxygen atoms in total. The minimum absolute atomic E-state index is 0.141. The molecule has 0 aliphatic heterocycles. The van der Waals surface area contributed by atoms with Crippen molar-refractivity contribution >= 4 is 17.7 Å². The van der Waals surface area contributed by atoms with E-state index in [0.29, 0.717) is 24.1 Å². The third-order valence-corrected chi connectivity index (χ3v) is 4.03. The van der Waals surface area contributed by atoms with Crippen molar-refractivity contribution in [2.24, 2.45) is 5.41 Å². The Kier molecular flexibility index (Phi) is 4.13. The second-order valence-electron chi connectivity index (χ2n) is 5.32. The molecule has 0 spiro atoms. The van der Waals surface area contributed by atoms with Crippen LogP contribution in [0, 0.1) is 16.7 Å². The van der Waals surface area contributed by atoms with Crippen LogP contribution in [0.5, 0.6) is 0 Å². The van der Waals surface area contributed by atoms with Crippen LogP contribution in [0.15, 0.2) is 24.3 Å². The van der Waals surface area contributed by atoms with Gasteiger partial charge < -0.3 is 10.4 Å². The lowest BCUT2D eigenvalue weighted by Gasteiger charge is -2.37. The highest BCUT2D eigenvalue weighted by atomic mass is 16.4. The van der Waals surface area contributed by atoms with E-state index in [9.17, 15) is 14.7 Å². The summed E-state index contributed by atoms with van der Waals surface area (Å²) in [6.07, 6.45) is 2.08. The summed E-state index contributed by atoms with van der Waals surface area (Å²) in [5.74, 6) is -0.852. The van der Waals surface area contributed by atoms with Gasteiger partial charge >= 0.3 is 12.0 Å². The molecule has 2 N–H and O–H groups in total. The summed E-state index contributed by atoms with van der Waals surface area (Å²) in [6, 6.07) is 8.26. The van der Waals surface area contributed by atoms with Gasteiger partial charge in [-0.25, -0.2) is 4.79 Å². The lowest BCUT2D eigenvalue weighted by Crippen LogP contribution is -2.50. The summed E-state index contributed by atoms with van der Waals surface area (Å²) >= 11 is 0. The number of nitrogens with one attached hydrogen (secondary N) is 1. The molecule has 0 radical (unpaired) electrons. The topological polar surface area (TPSA) is 93.4 Å². The number of carboxylic acid groups (broad SMARTS) is 1. The Morgan fingerprint density at radius 1 is 1.38 bits per heavy atom. The van der Waals surface area contributed by atoms with Crippen molar-refractivity contribution in [1.29, 1.82) is 5.26 Å². The van der Waals surface area contributed by atoms with Crippen LogP contribution in [-0.2, 0) is 4.79 Å². The lowest BCUT2D eigenvalue weighted by atomic mass is 9.69. The molecule has 1 saturated carbocycles. The molecule has 1 aromatic rings. The molecule has 0 aromatic heterocycles. The van der Waals surface area contributed by atoms with Gasteiger partial charge in [0.15, 0.2) is 0 Å². The average molecular weight is 287 g/mol. The quantitative estimate of drug-likeness (QED) is 0.885. The Bertz CT molecular complexity index is 585. The van der Waals surface area contributed by atoms with Crippen molar-refractivity contribution in [1.82, 2.24) is 5.32 Å². The van der Waals surface area contributed by atoms with Gasteiger partial charge in [0.05, 0.1) is 17.0 Å². The molecule has 1 aromatic carbocycles. The maximum atomic E-state index is 12.1. The average Bonchev–Trinajstić information content (AvgIpc) is 2.44. The van der Waals surface area contributed by atoms with Crippen LogP contribution < -0.4 is 10.2 Å². The number of hydrogen-bond donors (Lipinski definition) is 2. The van der Waals surface area contributed by atoms with Crippen LogP contribution >= 0.6 is 0 Å². The van der Waals surface area contributed by atoms with Crippen molar-refractivity contribution in [3.63, 3.8) is 0 Å². The summed E-state index contributed by atoms with van der Waals surface area (Å²) in [7, 11) is 1.60. The minimum Gasteiger partial charge on any atom is -0.481 e. The van der Waals surface area contributed by atoms with Gasteiger partial charge in [-0.3, -0.25) is 9.69 Å². The highest BCUT2D eigenvalue weighted by molar-refractivity contribution is 5.91. The first-order valence-corrected chi connectivity index (χ1v) is 6.74. The molecule has 0 bridgehead atoms. The summed E-state index contributed by atoms with van der Waals surface area (Å²) in [4.78, 5) is 24.7. The van der Waals surface area contributed by atoms with Crippen molar-refractivity contribution in [3.05, 3.63) is 29.8 Å². The Morgan fingerprint density at radius 3 is 2.43 bits per heavy atom. The number of carbonyl (C=O) groups is 2. The molecule has 0 unspecified atom stereocenters. The van der Waals surface area contributed by atoms with Gasteiger partial charge in [-0.15, -0.1) is 0 Å². The largest absolute Gasteiger partial charge is 0.481 e. The van der Waals surface area contributed by atoms with E-state index in [1.165, 1.54) is 4.90 Å². The van der Waals surface area contributed by atoms with Gasteiger partial charge in [0.1, 0.15) is 0 Å². The monoisotopic (exact) mass is 287 g/mol. The first kappa shape index (κ1) is 14.9. The van der Waals surface area contributed by atoms with Crippen LogP contribution in [0.4, 0.5) is 10.5 Å². The number of aliphatic carboxylic acids is 1. The number of amides is 2. The first-order chi connectivity index (χ1) is 9.98. The van der Waals surface area contributed by atoms with Gasteiger partial charge in [0.25, 0.3) is 0 Å². The zero-order chi connectivity index (χ0) is 15.5. The lowest BCUT2D eigenvalue weighted by molar-refractivity contribution is -0.153. The second kappa shape index (κ2) is 5.83. The molecule has 2 amide bonds. The van der Waals surface area contributed by atoms with Crippen molar-refractivity contribution in [3.8, 4) is 6.07 Å². The Hall–Kier alpha value is -2.55. The Balaban J connectivity index is 1.96. The highest BCUT2D eigenvalue weighted by Crippen LogP contribution is 2.40. The van der Waals surface area contributed by atoms with Gasteiger partial charge in [0.2, 0.25) is 0 Å². The third-order valence-electron chi connectivity index (χ3n) is 4.03. The maximum absolute atomic E-state index is 12.1. The molecular formula is C15H17N3O3. The zero-order valence-corrected chi connectivity index (χ0v) is 11.8. The van der Waals surface area contributed by atoms with E-state index in [2.05, 4.69) is 5.32 Å². The van der Waals surface area contributed by atoms with Crippen LogP contribution in [0.1, 0.15) is 24.8 Å². The summed E-state index contributed by atoms with van der Waals surface area (Å²) in [5, 5.41) is 20.6. The van der Waals surface area contributed by atoms with E-state index in [1.807, 2.05) is 6.07 Å². The number of carbonyl (C=O) groups excluding carboxylic acids is 1. The van der Waals surface area contributed by atoms with E-state index in [0.717, 1.165) is 6.42 Å². The second-order valence-corrected chi connectivity index (χ2v) is 5.32. The molecule has 1 aliphatic carbocycles. The molecule has 2 rings (SSSR count). The van der Waals surface area contributed by atoms with E-state index in [-0.39, 0.29) is 12.6 Å². The number of anilines is 1. The molecule has 0 saturated heterocycles. The Morgan fingerprint density at radius 2 is 2.00 bits per heavy atom. The fourth-order valence-corrected chi connectivity index (χ4v) is 2.31. The van der Waals surface area contributed by atoms with Gasteiger partial charge in [-0.1, -0.05) is 6.42 Å². The van der Waals surface area contributed by atoms with Crippen LogP contribution in [-0.4, -0.2) is 30.7 Å². The van der Waals surface area contributed by atoms with E-state index in [1.54, 1.807) is 31.3 Å². The van der Waals surface area contributed by atoms with E-state index in [4.69, 9.17) is 5.26 Å². The predicted molar refractivity (Wildman–Crippen MR) is 76.9 cm³/mol.